The van der Waals surface area contributed by atoms with Gasteiger partial charge in [0.05, 0.1) is 13.2 Å². The molecule has 0 radical (unpaired) electrons. The molecule has 0 aliphatic carbocycles. The third kappa shape index (κ3) is 1.25. The Hall–Kier alpha value is 0.130. The predicted octanol–water partition coefficient (Wildman–Crippen LogP) is 1.65. The van der Waals surface area contributed by atoms with Gasteiger partial charge in [0.2, 0.25) is 0 Å². The van der Waals surface area contributed by atoms with Crippen molar-refractivity contribution in [2.24, 2.45) is 0 Å². The van der Waals surface area contributed by atoms with E-state index in [0.29, 0.717) is 0 Å². The molecule has 1 rings (SSSR count). The lowest BCUT2D eigenvalue weighted by atomic mass is 9.39. The molecule has 0 aromatic rings. The van der Waals surface area contributed by atoms with Crippen molar-refractivity contribution in [1.82, 2.24) is 0 Å². The van der Waals surface area contributed by atoms with Crippen molar-refractivity contribution in [3.63, 3.8) is 0 Å². The van der Waals surface area contributed by atoms with Crippen LogP contribution in [0.1, 0.15) is 13.3 Å². The van der Waals surface area contributed by atoms with Gasteiger partial charge in [-0.25, -0.2) is 0 Å². The van der Waals surface area contributed by atoms with Gasteiger partial charge in [-0.1, -0.05) is 26.5 Å². The van der Waals surface area contributed by atoms with E-state index in [0.717, 1.165) is 13.2 Å². The predicted molar refractivity (Wildman–Crippen MR) is 37.3 cm³/mol. The summed E-state index contributed by atoms with van der Waals surface area (Å²) in [7, 11) is 0. The Morgan fingerprint density at radius 2 is 2.14 bits per heavy atom. The first kappa shape index (κ1) is 5.27. The van der Waals surface area contributed by atoms with Crippen LogP contribution in [0.3, 0.4) is 0 Å². The quantitative estimate of drug-likeness (QED) is 0.456. The van der Waals surface area contributed by atoms with Crippen LogP contribution in [-0.4, -0.2) is 13.2 Å². The van der Waals surface area contributed by atoms with E-state index in [2.05, 4.69) is 13.7 Å². The van der Waals surface area contributed by atoms with Gasteiger partial charge in [0.25, 0.3) is 0 Å². The first-order chi connectivity index (χ1) is 3.34. The first-order valence-corrected chi connectivity index (χ1v) is 3.34. The van der Waals surface area contributed by atoms with Gasteiger partial charge in [0, 0.05) is 0 Å². The van der Waals surface area contributed by atoms with Gasteiger partial charge in [-0.3, -0.25) is 0 Å². The standard InChI is InChI=1S/C5H12B2/c1-3-4-7-5-6(7)2/h3-5H2,1-2H3. The highest BCUT2D eigenvalue weighted by molar-refractivity contribution is 7.40. The normalized spacial score (nSPS) is 18.0. The van der Waals surface area contributed by atoms with Gasteiger partial charge >= 0.3 is 0 Å². The monoisotopic (exact) mass is 94.1 g/mol. The van der Waals surface area contributed by atoms with E-state index in [1.807, 2.05) is 0 Å². The zero-order chi connectivity index (χ0) is 5.28. The van der Waals surface area contributed by atoms with Crippen LogP contribution in [0.25, 0.3) is 0 Å². The van der Waals surface area contributed by atoms with Crippen LogP contribution in [0.4, 0.5) is 0 Å². The van der Waals surface area contributed by atoms with Crippen molar-refractivity contribution in [3.8, 4) is 0 Å². The molecule has 1 fully saturated rings. The van der Waals surface area contributed by atoms with Crippen LogP contribution in [-0.2, 0) is 0 Å². The molecule has 0 saturated carbocycles. The van der Waals surface area contributed by atoms with Crippen molar-refractivity contribution >= 4 is 13.2 Å². The molecule has 0 amide bonds. The second-order valence-corrected chi connectivity index (χ2v) is 2.76. The summed E-state index contributed by atoms with van der Waals surface area (Å²) in [6, 6.07) is 0. The molecule has 0 nitrogen and oxygen atoms in total. The molecule has 0 atom stereocenters. The Balaban J connectivity index is 1.98. The van der Waals surface area contributed by atoms with Crippen molar-refractivity contribution in [1.29, 1.82) is 0 Å². The van der Waals surface area contributed by atoms with E-state index in [4.69, 9.17) is 0 Å². The largest absolute Gasteiger partial charge is 0.107 e. The van der Waals surface area contributed by atoms with Crippen molar-refractivity contribution in [3.05, 3.63) is 0 Å². The lowest BCUT2D eigenvalue weighted by Gasteiger charge is -1.82. The molecule has 0 N–H and O–H groups in total. The van der Waals surface area contributed by atoms with Crippen LogP contribution in [0.5, 0.6) is 0 Å². The maximum atomic E-state index is 2.35. The molecular formula is C5H12B2. The number of hydrogen-bond acceptors (Lipinski definition) is 0. The van der Waals surface area contributed by atoms with E-state index in [-0.39, 0.29) is 0 Å². The second-order valence-electron chi connectivity index (χ2n) is 2.76. The summed E-state index contributed by atoms with van der Waals surface area (Å²) >= 11 is 0. The Bertz CT molecular complexity index is 63.1. The molecule has 1 heterocycles. The minimum Gasteiger partial charge on any atom is -0.107 e. The fourth-order valence-electron chi connectivity index (χ4n) is 1.17. The summed E-state index contributed by atoms with van der Waals surface area (Å²) in [5.74, 6) is 0. The molecule has 0 aromatic heterocycles. The fraction of sp³-hybridized carbons (Fsp3) is 1.00. The summed E-state index contributed by atoms with van der Waals surface area (Å²) < 4.78 is 0. The molecule has 1 aliphatic rings. The minimum atomic E-state index is 1.07. The molecule has 0 aromatic carbocycles. The molecule has 7 heavy (non-hydrogen) atoms. The minimum absolute atomic E-state index is 1.07. The van der Waals surface area contributed by atoms with Gasteiger partial charge in [-0.2, -0.15) is 0 Å². The lowest BCUT2D eigenvalue weighted by Crippen LogP contribution is -1.94. The van der Waals surface area contributed by atoms with E-state index < -0.39 is 0 Å². The zero-order valence-corrected chi connectivity index (χ0v) is 5.28. The van der Waals surface area contributed by atoms with Crippen LogP contribution in [0.2, 0.25) is 19.4 Å². The van der Waals surface area contributed by atoms with Crippen LogP contribution >= 0.6 is 0 Å². The highest BCUT2D eigenvalue weighted by atomic mass is 13.8. The summed E-state index contributed by atoms with van der Waals surface area (Å²) in [5.41, 5.74) is 0. The molecule has 0 spiro atoms. The van der Waals surface area contributed by atoms with Crippen molar-refractivity contribution in [2.45, 2.75) is 32.7 Å². The van der Waals surface area contributed by atoms with E-state index in [9.17, 15) is 0 Å². The molecule has 0 unspecified atom stereocenters. The average molecular weight is 93.8 g/mol. The van der Waals surface area contributed by atoms with Crippen molar-refractivity contribution in [2.75, 3.05) is 0 Å². The lowest BCUT2D eigenvalue weighted by molar-refractivity contribution is 1.07. The summed E-state index contributed by atoms with van der Waals surface area (Å²) in [6.07, 6.45) is 4.37. The third-order valence-corrected chi connectivity index (χ3v) is 1.94. The SMILES string of the molecule is CCCB1CB1C. The van der Waals surface area contributed by atoms with Crippen LogP contribution in [0, 0.1) is 0 Å². The second kappa shape index (κ2) is 1.94. The highest BCUT2D eigenvalue weighted by Crippen LogP contribution is 2.23. The molecule has 0 bridgehead atoms. The molecule has 38 valence electrons. The van der Waals surface area contributed by atoms with E-state index in [1.54, 1.807) is 0 Å². The highest BCUT2D eigenvalue weighted by Gasteiger charge is 2.37. The number of rotatable bonds is 2. The number of hydrogen-bond donors (Lipinski definition) is 0. The first-order valence-electron chi connectivity index (χ1n) is 3.34. The fourth-order valence-corrected chi connectivity index (χ4v) is 1.17. The Labute approximate surface area is 46.8 Å². The van der Waals surface area contributed by atoms with Crippen LogP contribution in [0.15, 0.2) is 0 Å². The summed E-state index contributed by atoms with van der Waals surface area (Å²) in [4.78, 5) is 0. The maximum absolute atomic E-state index is 2.35. The Morgan fingerprint density at radius 1 is 1.57 bits per heavy atom. The summed E-state index contributed by atoms with van der Waals surface area (Å²) in [5, 5.41) is 0. The Morgan fingerprint density at radius 3 is 2.29 bits per heavy atom. The van der Waals surface area contributed by atoms with E-state index >= 15 is 0 Å². The molecule has 1 saturated heterocycles. The third-order valence-electron chi connectivity index (χ3n) is 1.94. The van der Waals surface area contributed by atoms with Gasteiger partial charge in [-0.15, -0.1) is 6.22 Å². The smallest absolute Gasteiger partial charge is 0.1000 e. The molecular weight excluding hydrogens is 81.7 g/mol. The average Bonchev–Trinajstić information content (AvgIpc) is 2.22. The van der Waals surface area contributed by atoms with Crippen LogP contribution < -0.4 is 0 Å². The van der Waals surface area contributed by atoms with Gasteiger partial charge in [-0.05, 0) is 0 Å². The van der Waals surface area contributed by atoms with Crippen molar-refractivity contribution < 1.29 is 0 Å². The van der Waals surface area contributed by atoms with Gasteiger partial charge < -0.3 is 0 Å². The molecule has 2 heteroatoms. The van der Waals surface area contributed by atoms with E-state index in [1.165, 1.54) is 19.0 Å². The topological polar surface area (TPSA) is 0 Å². The Kier molecular flexibility index (Phi) is 1.46. The maximum Gasteiger partial charge on any atom is 0.1000 e. The summed E-state index contributed by atoms with van der Waals surface area (Å²) in [6.45, 7) is 6.80. The molecule has 1 aliphatic heterocycles. The van der Waals surface area contributed by atoms with Gasteiger partial charge in [0.1, 0.15) is 0 Å². The zero-order valence-electron chi connectivity index (χ0n) is 5.28. The van der Waals surface area contributed by atoms with Gasteiger partial charge in [0.15, 0.2) is 0 Å².